The Morgan fingerprint density at radius 3 is 2.55 bits per heavy atom. The maximum atomic E-state index is 11.5. The number of aromatic nitrogens is 3. The zero-order chi connectivity index (χ0) is 16.3. The number of nitrogens with zero attached hydrogens (tertiary/aromatic N) is 6. The van der Waals surface area contributed by atoms with Gasteiger partial charge in [-0.2, -0.15) is 15.0 Å². The fourth-order valence-electron chi connectivity index (χ4n) is 2.59. The SMILES string of the molecule is CC(=O)N1CCCN(C(C)c2nc(N)nc(N(C)C)n2)CC1. The van der Waals surface area contributed by atoms with Crippen molar-refractivity contribution in [2.24, 2.45) is 0 Å². The van der Waals surface area contributed by atoms with Crippen LogP contribution in [0.5, 0.6) is 0 Å². The largest absolute Gasteiger partial charge is 0.368 e. The zero-order valence-corrected chi connectivity index (χ0v) is 13.8. The molecule has 2 rings (SSSR count). The van der Waals surface area contributed by atoms with Crippen molar-refractivity contribution >= 4 is 17.8 Å². The molecular formula is C14H25N7O. The maximum Gasteiger partial charge on any atom is 0.229 e. The van der Waals surface area contributed by atoms with Crippen molar-refractivity contribution in [2.45, 2.75) is 26.3 Å². The van der Waals surface area contributed by atoms with Crippen molar-refractivity contribution < 1.29 is 4.79 Å². The Morgan fingerprint density at radius 1 is 1.18 bits per heavy atom. The molecular weight excluding hydrogens is 282 g/mol. The van der Waals surface area contributed by atoms with Crippen LogP contribution in [0.3, 0.4) is 0 Å². The van der Waals surface area contributed by atoms with Crippen LogP contribution >= 0.6 is 0 Å². The van der Waals surface area contributed by atoms with Crippen molar-refractivity contribution in [3.63, 3.8) is 0 Å². The van der Waals surface area contributed by atoms with E-state index in [9.17, 15) is 4.79 Å². The number of carbonyl (C=O) groups excluding carboxylic acids is 1. The summed E-state index contributed by atoms with van der Waals surface area (Å²) in [5.74, 6) is 1.61. The lowest BCUT2D eigenvalue weighted by Gasteiger charge is -2.27. The van der Waals surface area contributed by atoms with Gasteiger partial charge in [-0.1, -0.05) is 0 Å². The molecule has 1 aromatic heterocycles. The smallest absolute Gasteiger partial charge is 0.229 e. The monoisotopic (exact) mass is 307 g/mol. The summed E-state index contributed by atoms with van der Waals surface area (Å²) in [5.41, 5.74) is 5.80. The van der Waals surface area contributed by atoms with Gasteiger partial charge < -0.3 is 15.5 Å². The third-order valence-electron chi connectivity index (χ3n) is 3.96. The summed E-state index contributed by atoms with van der Waals surface area (Å²) in [7, 11) is 3.75. The van der Waals surface area contributed by atoms with Crippen LogP contribution in [0.4, 0.5) is 11.9 Å². The van der Waals surface area contributed by atoms with Crippen LogP contribution in [0.25, 0.3) is 0 Å². The van der Waals surface area contributed by atoms with E-state index in [1.165, 1.54) is 0 Å². The van der Waals surface area contributed by atoms with Crippen LogP contribution in [0.1, 0.15) is 32.1 Å². The molecule has 1 aromatic rings. The van der Waals surface area contributed by atoms with Gasteiger partial charge in [0.05, 0.1) is 6.04 Å². The number of nitrogen functional groups attached to an aromatic ring is 1. The molecule has 122 valence electrons. The van der Waals surface area contributed by atoms with Crippen LogP contribution in [0.15, 0.2) is 0 Å². The van der Waals surface area contributed by atoms with Gasteiger partial charge in [0.25, 0.3) is 0 Å². The van der Waals surface area contributed by atoms with Gasteiger partial charge in [-0.05, 0) is 13.3 Å². The Labute approximate surface area is 131 Å². The van der Waals surface area contributed by atoms with Gasteiger partial charge in [0.2, 0.25) is 17.8 Å². The van der Waals surface area contributed by atoms with E-state index >= 15 is 0 Å². The minimum absolute atomic E-state index is 0.0379. The van der Waals surface area contributed by atoms with Gasteiger partial charge in [0.15, 0.2) is 5.82 Å². The molecule has 2 heterocycles. The summed E-state index contributed by atoms with van der Waals surface area (Å²) in [4.78, 5) is 30.4. The molecule has 0 aromatic carbocycles. The molecule has 1 aliphatic rings. The Morgan fingerprint density at radius 2 is 1.91 bits per heavy atom. The van der Waals surface area contributed by atoms with Crippen molar-refractivity contribution in [3.05, 3.63) is 5.82 Å². The second-order valence-corrected chi connectivity index (χ2v) is 5.82. The van der Waals surface area contributed by atoms with Crippen LogP contribution in [0.2, 0.25) is 0 Å². The summed E-state index contributed by atoms with van der Waals surface area (Å²) in [6, 6.07) is 0.0379. The third kappa shape index (κ3) is 3.82. The highest BCUT2D eigenvalue weighted by Crippen LogP contribution is 2.20. The van der Waals surface area contributed by atoms with Gasteiger partial charge in [0.1, 0.15) is 0 Å². The van der Waals surface area contributed by atoms with Crippen LogP contribution in [-0.2, 0) is 4.79 Å². The highest BCUT2D eigenvalue weighted by Gasteiger charge is 2.23. The number of amides is 1. The number of anilines is 2. The number of carbonyl (C=O) groups is 1. The van der Waals surface area contributed by atoms with Crippen molar-refractivity contribution in [2.75, 3.05) is 50.9 Å². The second kappa shape index (κ2) is 6.87. The lowest BCUT2D eigenvalue weighted by molar-refractivity contribution is -0.128. The average molecular weight is 307 g/mol. The second-order valence-electron chi connectivity index (χ2n) is 5.82. The van der Waals surface area contributed by atoms with Crippen LogP contribution in [-0.4, -0.2) is 70.9 Å². The molecule has 8 heteroatoms. The molecule has 1 atom stereocenters. The van der Waals surface area contributed by atoms with Gasteiger partial charge >= 0.3 is 0 Å². The Bertz CT molecular complexity index is 534. The minimum atomic E-state index is 0.0379. The number of hydrogen-bond donors (Lipinski definition) is 1. The Kier molecular flexibility index (Phi) is 5.12. The van der Waals surface area contributed by atoms with E-state index in [0.29, 0.717) is 11.8 Å². The van der Waals surface area contributed by atoms with Gasteiger partial charge in [-0.25, -0.2) is 0 Å². The fraction of sp³-hybridized carbons (Fsp3) is 0.714. The van der Waals surface area contributed by atoms with E-state index in [2.05, 4.69) is 26.8 Å². The first-order valence-corrected chi connectivity index (χ1v) is 7.57. The summed E-state index contributed by atoms with van der Waals surface area (Å²) in [5, 5.41) is 0. The molecule has 1 amide bonds. The van der Waals surface area contributed by atoms with Crippen LogP contribution in [0, 0.1) is 0 Å². The van der Waals surface area contributed by atoms with Crippen molar-refractivity contribution in [1.82, 2.24) is 24.8 Å². The summed E-state index contributed by atoms with van der Waals surface area (Å²) in [6.45, 7) is 6.95. The third-order valence-corrected chi connectivity index (χ3v) is 3.96. The molecule has 8 nitrogen and oxygen atoms in total. The van der Waals surface area contributed by atoms with Crippen molar-refractivity contribution in [1.29, 1.82) is 0 Å². The molecule has 22 heavy (non-hydrogen) atoms. The normalized spacial score (nSPS) is 17.9. The molecule has 0 aliphatic carbocycles. The van der Waals surface area contributed by atoms with Crippen LogP contribution < -0.4 is 10.6 Å². The molecule has 0 spiro atoms. The van der Waals surface area contributed by atoms with Gasteiger partial charge in [-0.15, -0.1) is 0 Å². The molecule has 1 aliphatic heterocycles. The first-order chi connectivity index (χ1) is 10.4. The van der Waals surface area contributed by atoms with E-state index in [0.717, 1.165) is 32.6 Å². The number of nitrogens with two attached hydrogens (primary N) is 1. The van der Waals surface area contributed by atoms with Crippen molar-refractivity contribution in [3.8, 4) is 0 Å². The molecule has 1 fully saturated rings. The molecule has 1 unspecified atom stereocenters. The van der Waals surface area contributed by atoms with Gasteiger partial charge in [0, 0.05) is 47.2 Å². The standard InChI is InChI=1S/C14H25N7O/c1-10(12-16-13(15)18-14(17-12)19(3)4)20-6-5-7-21(9-8-20)11(2)22/h10H,5-9H2,1-4H3,(H2,15,16,17,18). The Hall–Kier alpha value is -1.96. The Balaban J connectivity index is 2.14. The lowest BCUT2D eigenvalue weighted by atomic mass is 10.2. The molecule has 0 bridgehead atoms. The van der Waals surface area contributed by atoms with E-state index in [-0.39, 0.29) is 17.9 Å². The zero-order valence-electron chi connectivity index (χ0n) is 13.8. The number of hydrogen-bond acceptors (Lipinski definition) is 7. The van der Waals surface area contributed by atoms with E-state index in [4.69, 9.17) is 5.73 Å². The number of rotatable bonds is 3. The molecule has 1 saturated heterocycles. The summed E-state index contributed by atoms with van der Waals surface area (Å²) >= 11 is 0. The first-order valence-electron chi connectivity index (χ1n) is 7.57. The quantitative estimate of drug-likeness (QED) is 0.849. The lowest BCUT2D eigenvalue weighted by Crippen LogP contribution is -2.35. The topological polar surface area (TPSA) is 91.5 Å². The first kappa shape index (κ1) is 16.4. The molecule has 0 saturated carbocycles. The molecule has 2 N–H and O–H groups in total. The summed E-state index contributed by atoms with van der Waals surface area (Å²) in [6.07, 6.45) is 0.949. The van der Waals surface area contributed by atoms with Gasteiger partial charge in [-0.3, -0.25) is 9.69 Å². The van der Waals surface area contributed by atoms with E-state index in [1.807, 2.05) is 23.9 Å². The highest BCUT2D eigenvalue weighted by atomic mass is 16.2. The highest BCUT2D eigenvalue weighted by molar-refractivity contribution is 5.73. The molecule has 0 radical (unpaired) electrons. The maximum absolute atomic E-state index is 11.5. The predicted octanol–water partition coefficient (Wildman–Crippen LogP) is 0.135. The minimum Gasteiger partial charge on any atom is -0.368 e. The fourth-order valence-corrected chi connectivity index (χ4v) is 2.59. The average Bonchev–Trinajstić information content (AvgIpc) is 2.71. The summed E-state index contributed by atoms with van der Waals surface area (Å²) < 4.78 is 0. The van der Waals surface area contributed by atoms with E-state index in [1.54, 1.807) is 6.92 Å². The van der Waals surface area contributed by atoms with E-state index < -0.39 is 0 Å². The predicted molar refractivity (Wildman–Crippen MR) is 85.4 cm³/mol.